The number of piperazine rings is 1. The summed E-state index contributed by atoms with van der Waals surface area (Å²) in [6, 6.07) is 17.9. The second-order valence-electron chi connectivity index (χ2n) is 14.4. The van der Waals surface area contributed by atoms with E-state index in [1.54, 1.807) is 12.1 Å². The minimum atomic E-state index is -3.78. The summed E-state index contributed by atoms with van der Waals surface area (Å²) in [5.41, 5.74) is 3.20. The molecular formula is C37H47N5O5S. The number of rotatable bonds is 12. The lowest BCUT2D eigenvalue weighted by molar-refractivity contribution is -0.0391. The van der Waals surface area contributed by atoms with Crippen LogP contribution in [-0.2, 0) is 16.6 Å². The fourth-order valence-corrected chi connectivity index (χ4v) is 10.8. The number of amides is 1. The summed E-state index contributed by atoms with van der Waals surface area (Å²) in [4.78, 5) is 17.5. The highest BCUT2D eigenvalue weighted by molar-refractivity contribution is 7.90. The van der Waals surface area contributed by atoms with Gasteiger partial charge in [-0.2, -0.15) is 0 Å². The molecule has 8 rings (SSSR count). The Labute approximate surface area is 284 Å². The van der Waals surface area contributed by atoms with Crippen molar-refractivity contribution in [2.24, 2.45) is 23.2 Å². The van der Waals surface area contributed by atoms with Crippen molar-refractivity contribution in [1.29, 1.82) is 0 Å². The molecule has 2 heterocycles. The number of nitrogens with one attached hydrogen (secondary N) is 1. The number of ether oxygens (including phenoxy) is 2. The number of hydrogen-bond acceptors (Lipinski definition) is 9. The van der Waals surface area contributed by atoms with Crippen molar-refractivity contribution in [3.63, 3.8) is 0 Å². The normalized spacial score (nSPS) is 25.2. The second-order valence-corrected chi connectivity index (χ2v) is 16.1. The van der Waals surface area contributed by atoms with Crippen LogP contribution in [0.2, 0.25) is 0 Å². The van der Waals surface area contributed by atoms with Crippen molar-refractivity contribution in [2.75, 3.05) is 50.0 Å². The van der Waals surface area contributed by atoms with E-state index in [0.29, 0.717) is 36.8 Å². The van der Waals surface area contributed by atoms with E-state index in [1.807, 2.05) is 26.0 Å². The maximum atomic E-state index is 13.1. The van der Waals surface area contributed by atoms with Gasteiger partial charge in [0.05, 0.1) is 19.0 Å². The molecule has 256 valence electrons. The van der Waals surface area contributed by atoms with E-state index in [1.165, 1.54) is 24.8 Å². The molecule has 0 unspecified atom stereocenters. The van der Waals surface area contributed by atoms with E-state index < -0.39 is 15.9 Å². The van der Waals surface area contributed by atoms with Crippen molar-refractivity contribution in [3.8, 4) is 22.6 Å². The van der Waals surface area contributed by atoms with E-state index in [2.05, 4.69) is 55.1 Å². The van der Waals surface area contributed by atoms with Gasteiger partial charge in [0, 0.05) is 32.7 Å². The molecule has 1 amide bonds. The largest absolute Gasteiger partial charge is 0.494 e. The molecule has 11 heteroatoms. The number of nitrogens with zero attached hydrogens (tertiary/aromatic N) is 4. The maximum absolute atomic E-state index is 13.1. The SMILES string of the molecule is CCOc1cccc(-c2cc(CN3CCN(c4ccc(C(=O)NS(=O)(=O)CC56CC7CC(CC(C7)C5)C6)nn4)CC3)cc(OCC)c2)c1. The van der Waals surface area contributed by atoms with Gasteiger partial charge in [0.2, 0.25) is 10.0 Å². The van der Waals surface area contributed by atoms with Gasteiger partial charge in [-0.05, 0) is 135 Å². The first-order valence-electron chi connectivity index (χ1n) is 17.5. The van der Waals surface area contributed by atoms with Crippen LogP contribution in [0.1, 0.15) is 68.4 Å². The summed E-state index contributed by atoms with van der Waals surface area (Å²) in [6.07, 6.45) is 6.66. The van der Waals surface area contributed by atoms with E-state index in [-0.39, 0.29) is 16.9 Å². The molecule has 4 bridgehead atoms. The van der Waals surface area contributed by atoms with Crippen molar-refractivity contribution in [1.82, 2.24) is 19.8 Å². The smallest absolute Gasteiger partial charge is 0.285 e. The van der Waals surface area contributed by atoms with Gasteiger partial charge in [0.15, 0.2) is 11.5 Å². The monoisotopic (exact) mass is 673 g/mol. The van der Waals surface area contributed by atoms with Crippen LogP contribution < -0.4 is 19.1 Å². The molecule has 3 aromatic rings. The number of anilines is 1. The molecule has 0 spiro atoms. The molecule has 5 fully saturated rings. The molecule has 1 aliphatic heterocycles. The fraction of sp³-hybridized carbons (Fsp3) is 0.541. The topological polar surface area (TPSA) is 114 Å². The maximum Gasteiger partial charge on any atom is 0.285 e. The van der Waals surface area contributed by atoms with E-state index in [0.717, 1.165) is 74.6 Å². The van der Waals surface area contributed by atoms with Crippen LogP contribution in [0.3, 0.4) is 0 Å². The predicted molar refractivity (Wildman–Crippen MR) is 186 cm³/mol. The molecule has 48 heavy (non-hydrogen) atoms. The molecule has 4 aliphatic carbocycles. The molecule has 1 N–H and O–H groups in total. The zero-order chi connectivity index (χ0) is 33.3. The van der Waals surface area contributed by atoms with Crippen LogP contribution in [-0.4, -0.2) is 74.6 Å². The third kappa shape index (κ3) is 7.47. The van der Waals surface area contributed by atoms with Crippen LogP contribution in [0, 0.1) is 23.2 Å². The van der Waals surface area contributed by atoms with Gasteiger partial charge in [-0.3, -0.25) is 9.69 Å². The Morgan fingerprint density at radius 3 is 2.15 bits per heavy atom. The minimum Gasteiger partial charge on any atom is -0.494 e. The summed E-state index contributed by atoms with van der Waals surface area (Å²) in [5.74, 6) is 3.65. The van der Waals surface area contributed by atoms with E-state index in [9.17, 15) is 13.2 Å². The molecule has 1 saturated heterocycles. The first kappa shape index (κ1) is 32.8. The van der Waals surface area contributed by atoms with E-state index in [4.69, 9.17) is 9.47 Å². The highest BCUT2D eigenvalue weighted by Gasteiger charge is 2.52. The number of benzene rings is 2. The Hall–Kier alpha value is -3.70. The van der Waals surface area contributed by atoms with Gasteiger partial charge >= 0.3 is 0 Å². The Kier molecular flexibility index (Phi) is 9.35. The predicted octanol–water partition coefficient (Wildman–Crippen LogP) is 5.54. The standard InChI is InChI=1S/C37H47N5O5S/c1-3-46-32-7-5-6-30(19-32)31-17-29(18-33(20-31)47-4-2)24-41-10-12-42(13-11-41)35-9-8-34(38-39-35)36(43)40-48(44,45)25-37-21-26-14-27(22-37)16-28(15-26)23-37/h5-9,17-20,26-28H,3-4,10-16,21-25H2,1-2H3,(H,40,43). The number of carbonyl (C=O) groups excluding carboxylic acids is 1. The Morgan fingerprint density at radius 2 is 1.50 bits per heavy atom. The summed E-state index contributed by atoms with van der Waals surface area (Å²) in [6.45, 7) is 9.17. The number of aromatic nitrogens is 2. The van der Waals surface area contributed by atoms with Crippen molar-refractivity contribution in [3.05, 3.63) is 65.9 Å². The Balaban J connectivity index is 0.940. The first-order valence-corrected chi connectivity index (χ1v) is 19.2. The van der Waals surface area contributed by atoms with Gasteiger partial charge in [-0.25, -0.2) is 13.1 Å². The number of hydrogen-bond donors (Lipinski definition) is 1. The molecule has 1 aromatic heterocycles. The highest BCUT2D eigenvalue weighted by Crippen LogP contribution is 2.60. The van der Waals surface area contributed by atoms with Crippen molar-refractivity contribution < 1.29 is 22.7 Å². The third-order valence-corrected chi connectivity index (χ3v) is 12.1. The Bertz CT molecular complexity index is 1690. The van der Waals surface area contributed by atoms with Crippen LogP contribution >= 0.6 is 0 Å². The highest BCUT2D eigenvalue weighted by atomic mass is 32.2. The van der Waals surface area contributed by atoms with Gasteiger partial charge in [-0.1, -0.05) is 12.1 Å². The lowest BCUT2D eigenvalue weighted by atomic mass is 9.50. The van der Waals surface area contributed by atoms with Gasteiger partial charge in [-0.15, -0.1) is 10.2 Å². The lowest BCUT2D eigenvalue weighted by Gasteiger charge is -2.56. The van der Waals surface area contributed by atoms with Gasteiger partial charge < -0.3 is 14.4 Å². The summed E-state index contributed by atoms with van der Waals surface area (Å²) >= 11 is 0. The van der Waals surface area contributed by atoms with Gasteiger partial charge in [0.25, 0.3) is 5.91 Å². The van der Waals surface area contributed by atoms with Crippen LogP contribution in [0.15, 0.2) is 54.6 Å². The van der Waals surface area contributed by atoms with Crippen molar-refractivity contribution in [2.45, 2.75) is 58.9 Å². The third-order valence-electron chi connectivity index (χ3n) is 10.7. The van der Waals surface area contributed by atoms with Crippen LogP contribution in [0.5, 0.6) is 11.5 Å². The molecular weight excluding hydrogens is 627 g/mol. The molecule has 4 saturated carbocycles. The van der Waals surface area contributed by atoms with Crippen molar-refractivity contribution >= 4 is 21.7 Å². The average Bonchev–Trinajstić information content (AvgIpc) is 3.04. The number of sulfonamides is 1. The molecule has 2 aromatic carbocycles. The second kappa shape index (κ2) is 13.7. The fourth-order valence-electron chi connectivity index (χ4n) is 9.21. The van der Waals surface area contributed by atoms with Gasteiger partial charge in [0.1, 0.15) is 11.5 Å². The van der Waals surface area contributed by atoms with Crippen LogP contribution in [0.4, 0.5) is 5.82 Å². The minimum absolute atomic E-state index is 0.0169. The molecule has 5 aliphatic rings. The van der Waals surface area contributed by atoms with E-state index >= 15 is 0 Å². The average molecular weight is 674 g/mol. The molecule has 10 nitrogen and oxygen atoms in total. The summed E-state index contributed by atoms with van der Waals surface area (Å²) < 4.78 is 40.3. The van der Waals surface area contributed by atoms with Crippen LogP contribution in [0.25, 0.3) is 11.1 Å². The lowest BCUT2D eigenvalue weighted by Crippen LogP contribution is -2.51. The quantitative estimate of drug-likeness (QED) is 0.265. The molecule has 0 atom stereocenters. The zero-order valence-electron chi connectivity index (χ0n) is 28.1. The Morgan fingerprint density at radius 1 is 0.833 bits per heavy atom. The molecule has 0 radical (unpaired) electrons. The zero-order valence-corrected chi connectivity index (χ0v) is 28.9. The summed E-state index contributed by atoms with van der Waals surface area (Å²) in [7, 11) is -3.78. The number of carbonyl (C=O) groups is 1. The summed E-state index contributed by atoms with van der Waals surface area (Å²) in [5, 5.41) is 8.45. The first-order chi connectivity index (χ1) is 23.2.